The van der Waals surface area contributed by atoms with Gasteiger partial charge in [-0.1, -0.05) is 11.2 Å². The Balaban J connectivity index is 1.85. The Labute approximate surface area is 118 Å². The number of aliphatic hydroxyl groups is 1. The fourth-order valence-corrected chi connectivity index (χ4v) is 2.62. The number of hydrogen-bond acceptors (Lipinski definition) is 5. The Morgan fingerprint density at radius 2 is 2.15 bits per heavy atom. The SMILES string of the molecule is N/C(=N/O)c1ncccc1CNCC1CCC(O)CC1. The first-order valence-corrected chi connectivity index (χ1v) is 7.01. The van der Waals surface area contributed by atoms with Crippen molar-refractivity contribution in [1.82, 2.24) is 10.3 Å². The van der Waals surface area contributed by atoms with Gasteiger partial charge in [0.2, 0.25) is 0 Å². The van der Waals surface area contributed by atoms with Gasteiger partial charge in [0.1, 0.15) is 5.69 Å². The van der Waals surface area contributed by atoms with Crippen LogP contribution in [0.25, 0.3) is 0 Å². The van der Waals surface area contributed by atoms with E-state index in [-0.39, 0.29) is 11.9 Å². The molecular formula is C14H22N4O2. The highest BCUT2D eigenvalue weighted by Crippen LogP contribution is 2.23. The summed E-state index contributed by atoms with van der Waals surface area (Å²) in [5.74, 6) is 0.644. The molecule has 1 aromatic rings. The van der Waals surface area contributed by atoms with E-state index in [0.29, 0.717) is 18.2 Å². The fraction of sp³-hybridized carbons (Fsp3) is 0.571. The maximum atomic E-state index is 9.48. The van der Waals surface area contributed by atoms with Crippen LogP contribution in [0.4, 0.5) is 0 Å². The molecule has 1 heterocycles. The second-order valence-electron chi connectivity index (χ2n) is 5.30. The van der Waals surface area contributed by atoms with Crippen LogP contribution in [-0.4, -0.2) is 33.8 Å². The smallest absolute Gasteiger partial charge is 0.189 e. The number of pyridine rings is 1. The first-order valence-electron chi connectivity index (χ1n) is 7.01. The lowest BCUT2D eigenvalue weighted by atomic mass is 9.87. The first-order chi connectivity index (χ1) is 9.70. The summed E-state index contributed by atoms with van der Waals surface area (Å²) in [5.41, 5.74) is 7.04. The maximum Gasteiger partial charge on any atom is 0.189 e. The van der Waals surface area contributed by atoms with Crippen LogP contribution in [0.15, 0.2) is 23.5 Å². The average Bonchev–Trinajstić information content (AvgIpc) is 2.49. The minimum Gasteiger partial charge on any atom is -0.409 e. The molecule has 0 spiro atoms. The van der Waals surface area contributed by atoms with Crippen molar-refractivity contribution in [3.63, 3.8) is 0 Å². The highest BCUT2D eigenvalue weighted by Gasteiger charge is 2.19. The second kappa shape index (κ2) is 7.21. The van der Waals surface area contributed by atoms with Crippen LogP contribution in [-0.2, 0) is 6.54 Å². The van der Waals surface area contributed by atoms with Gasteiger partial charge in [-0.05, 0) is 49.8 Å². The molecule has 6 heteroatoms. The molecule has 1 aromatic heterocycles. The quantitative estimate of drug-likeness (QED) is 0.276. The van der Waals surface area contributed by atoms with E-state index in [1.165, 1.54) is 0 Å². The molecular weight excluding hydrogens is 256 g/mol. The molecule has 1 aliphatic rings. The molecule has 0 bridgehead atoms. The molecule has 1 fully saturated rings. The van der Waals surface area contributed by atoms with Crippen molar-refractivity contribution in [2.45, 2.75) is 38.3 Å². The van der Waals surface area contributed by atoms with E-state index in [0.717, 1.165) is 37.8 Å². The van der Waals surface area contributed by atoms with Crippen LogP contribution in [0.3, 0.4) is 0 Å². The monoisotopic (exact) mass is 278 g/mol. The van der Waals surface area contributed by atoms with Crippen molar-refractivity contribution >= 4 is 5.84 Å². The zero-order valence-corrected chi connectivity index (χ0v) is 11.5. The molecule has 0 aliphatic heterocycles. The molecule has 0 amide bonds. The Kier molecular flexibility index (Phi) is 5.31. The Morgan fingerprint density at radius 1 is 1.40 bits per heavy atom. The van der Waals surface area contributed by atoms with E-state index >= 15 is 0 Å². The summed E-state index contributed by atoms with van der Waals surface area (Å²) in [5, 5.41) is 24.6. The summed E-state index contributed by atoms with van der Waals surface area (Å²) in [4.78, 5) is 4.14. The van der Waals surface area contributed by atoms with Crippen LogP contribution >= 0.6 is 0 Å². The molecule has 0 radical (unpaired) electrons. The summed E-state index contributed by atoms with van der Waals surface area (Å²) < 4.78 is 0. The Hall–Kier alpha value is -1.66. The van der Waals surface area contributed by atoms with Crippen LogP contribution < -0.4 is 11.1 Å². The van der Waals surface area contributed by atoms with Crippen molar-refractivity contribution in [3.8, 4) is 0 Å². The number of hydrogen-bond donors (Lipinski definition) is 4. The molecule has 0 saturated heterocycles. The third-order valence-electron chi connectivity index (χ3n) is 3.81. The number of nitrogens with one attached hydrogen (secondary N) is 1. The normalized spacial score (nSPS) is 23.8. The predicted molar refractivity (Wildman–Crippen MR) is 76.4 cm³/mol. The number of oxime groups is 1. The number of amidine groups is 1. The lowest BCUT2D eigenvalue weighted by molar-refractivity contribution is 0.108. The third kappa shape index (κ3) is 3.91. The average molecular weight is 278 g/mol. The van der Waals surface area contributed by atoms with Gasteiger partial charge in [-0.15, -0.1) is 0 Å². The minimum atomic E-state index is -0.114. The standard InChI is InChI=1S/C14H22N4O2/c15-14(18-20)13-11(2-1-7-17-13)9-16-8-10-3-5-12(19)6-4-10/h1-2,7,10,12,16,19-20H,3-6,8-9H2,(H2,15,18). The van der Waals surface area contributed by atoms with Crippen LogP contribution in [0, 0.1) is 5.92 Å². The van der Waals surface area contributed by atoms with Gasteiger partial charge in [-0.25, -0.2) is 0 Å². The van der Waals surface area contributed by atoms with Crippen molar-refractivity contribution in [2.75, 3.05) is 6.54 Å². The van der Waals surface area contributed by atoms with E-state index in [1.807, 2.05) is 12.1 Å². The van der Waals surface area contributed by atoms with E-state index in [1.54, 1.807) is 6.20 Å². The van der Waals surface area contributed by atoms with Gasteiger partial charge in [0.15, 0.2) is 5.84 Å². The number of aliphatic hydroxyl groups excluding tert-OH is 1. The van der Waals surface area contributed by atoms with Gasteiger partial charge in [0.05, 0.1) is 6.10 Å². The van der Waals surface area contributed by atoms with Gasteiger partial charge >= 0.3 is 0 Å². The predicted octanol–water partition coefficient (Wildman–Crippen LogP) is 0.817. The largest absolute Gasteiger partial charge is 0.409 e. The lowest BCUT2D eigenvalue weighted by Crippen LogP contribution is -2.28. The number of nitrogens with two attached hydrogens (primary N) is 1. The summed E-state index contributed by atoms with van der Waals surface area (Å²) in [6, 6.07) is 3.75. The molecule has 0 aromatic carbocycles. The highest BCUT2D eigenvalue weighted by atomic mass is 16.4. The number of nitrogens with zero attached hydrogens (tertiary/aromatic N) is 2. The van der Waals surface area contributed by atoms with Crippen molar-refractivity contribution in [1.29, 1.82) is 0 Å². The molecule has 20 heavy (non-hydrogen) atoms. The van der Waals surface area contributed by atoms with Gasteiger partial charge in [0.25, 0.3) is 0 Å². The van der Waals surface area contributed by atoms with Crippen LogP contribution in [0.2, 0.25) is 0 Å². The Bertz CT molecular complexity index is 456. The van der Waals surface area contributed by atoms with Gasteiger partial charge in [0, 0.05) is 12.7 Å². The molecule has 2 rings (SSSR count). The zero-order valence-electron chi connectivity index (χ0n) is 11.5. The van der Waals surface area contributed by atoms with Crippen LogP contribution in [0.1, 0.15) is 36.9 Å². The Morgan fingerprint density at radius 3 is 2.85 bits per heavy atom. The summed E-state index contributed by atoms with van der Waals surface area (Å²) in [6.45, 7) is 1.55. The third-order valence-corrected chi connectivity index (χ3v) is 3.81. The van der Waals surface area contributed by atoms with Gasteiger partial charge in [-0.2, -0.15) is 0 Å². The van der Waals surface area contributed by atoms with E-state index in [4.69, 9.17) is 10.9 Å². The molecule has 1 saturated carbocycles. The lowest BCUT2D eigenvalue weighted by Gasteiger charge is -2.25. The maximum absolute atomic E-state index is 9.48. The minimum absolute atomic E-state index is 0.0307. The molecule has 6 nitrogen and oxygen atoms in total. The molecule has 1 aliphatic carbocycles. The van der Waals surface area contributed by atoms with Gasteiger partial charge < -0.3 is 21.4 Å². The first kappa shape index (κ1) is 14.7. The molecule has 0 unspecified atom stereocenters. The highest BCUT2D eigenvalue weighted by molar-refractivity contribution is 5.96. The number of rotatable bonds is 5. The second-order valence-corrected chi connectivity index (χ2v) is 5.30. The van der Waals surface area contributed by atoms with E-state index in [9.17, 15) is 5.11 Å². The molecule has 5 N–H and O–H groups in total. The molecule has 110 valence electrons. The topological polar surface area (TPSA) is 104 Å². The zero-order chi connectivity index (χ0) is 14.4. The molecule has 0 atom stereocenters. The summed E-state index contributed by atoms with van der Waals surface area (Å²) in [6.07, 6.45) is 5.43. The van der Waals surface area contributed by atoms with Crippen molar-refractivity contribution in [3.05, 3.63) is 29.6 Å². The summed E-state index contributed by atoms with van der Waals surface area (Å²) in [7, 11) is 0. The van der Waals surface area contributed by atoms with Crippen molar-refractivity contribution < 1.29 is 10.3 Å². The van der Waals surface area contributed by atoms with Crippen molar-refractivity contribution in [2.24, 2.45) is 16.8 Å². The number of aromatic nitrogens is 1. The van der Waals surface area contributed by atoms with E-state index < -0.39 is 0 Å². The van der Waals surface area contributed by atoms with E-state index in [2.05, 4.69) is 15.5 Å². The van der Waals surface area contributed by atoms with Gasteiger partial charge in [-0.3, -0.25) is 4.98 Å². The van der Waals surface area contributed by atoms with Crippen LogP contribution in [0.5, 0.6) is 0 Å². The fourth-order valence-electron chi connectivity index (χ4n) is 2.62. The summed E-state index contributed by atoms with van der Waals surface area (Å²) >= 11 is 0.